The molecule has 9 nitrogen and oxygen atoms in total. The summed E-state index contributed by atoms with van der Waals surface area (Å²) >= 11 is 0. The van der Waals surface area contributed by atoms with Gasteiger partial charge in [0.1, 0.15) is 23.1 Å². The van der Waals surface area contributed by atoms with Gasteiger partial charge in [-0.05, 0) is 30.9 Å². The molecule has 10 heteroatoms. The number of aromatic nitrogens is 5. The first-order valence-corrected chi connectivity index (χ1v) is 10.2. The van der Waals surface area contributed by atoms with E-state index in [1.54, 1.807) is 26.4 Å². The highest BCUT2D eigenvalue weighted by molar-refractivity contribution is 6.14. The lowest BCUT2D eigenvalue weighted by atomic mass is 10.1. The molecule has 158 valence electrons. The Morgan fingerprint density at radius 2 is 1.94 bits per heavy atom. The van der Waals surface area contributed by atoms with Gasteiger partial charge in [-0.25, -0.2) is 14.4 Å². The van der Waals surface area contributed by atoms with Crippen molar-refractivity contribution in [1.82, 2.24) is 24.9 Å². The van der Waals surface area contributed by atoms with Crippen molar-refractivity contribution < 1.29 is 9.13 Å². The molecule has 0 spiro atoms. The fraction of sp³-hybridized carbons (Fsp3) is 0.333. The van der Waals surface area contributed by atoms with Crippen LogP contribution in [0.4, 0.5) is 15.9 Å². The van der Waals surface area contributed by atoms with Gasteiger partial charge in [-0.15, -0.1) is 0 Å². The van der Waals surface area contributed by atoms with E-state index in [1.807, 2.05) is 0 Å². The molecule has 2 atom stereocenters. The van der Waals surface area contributed by atoms with Crippen molar-refractivity contribution in [3.63, 3.8) is 0 Å². The number of nitrogens with one attached hydrogen (secondary N) is 2. The van der Waals surface area contributed by atoms with Gasteiger partial charge in [0.2, 0.25) is 0 Å². The summed E-state index contributed by atoms with van der Waals surface area (Å²) in [4.78, 5) is 23.1. The molecule has 4 N–H and O–H groups in total. The van der Waals surface area contributed by atoms with Crippen molar-refractivity contribution in [2.45, 2.75) is 13.0 Å². The minimum atomic E-state index is -0.327. The number of piperidine rings is 1. The van der Waals surface area contributed by atoms with Crippen LogP contribution in [0, 0.1) is 24.6 Å². The normalized spacial score (nSPS) is 22.2. The summed E-state index contributed by atoms with van der Waals surface area (Å²) in [5.41, 5.74) is 8.14. The number of halogens is 1. The summed E-state index contributed by atoms with van der Waals surface area (Å²) in [6.07, 6.45) is 3.17. The Labute approximate surface area is 176 Å². The molecule has 1 saturated carbocycles. The lowest BCUT2D eigenvalue weighted by Gasteiger charge is -2.21. The standard InChI is InChI=1S/C21H21FN8O/c1-9-25-5-11(6-26-9)31-21-28-19-16(12-3-10(22)4-15(24-2)18(12)27-19)20(29-21)30-7-13-14(8-30)17(13)23/h3-6,13-14,17,24H,7-8,23H2,1-2H3,(H,27,28,29). The zero-order valence-corrected chi connectivity index (χ0v) is 17.1. The monoisotopic (exact) mass is 420 g/mol. The molecule has 3 aromatic heterocycles. The highest BCUT2D eigenvalue weighted by Gasteiger charge is 2.54. The maximum atomic E-state index is 14.4. The van der Waals surface area contributed by atoms with Gasteiger partial charge in [-0.2, -0.15) is 9.97 Å². The molecule has 6 rings (SSSR count). The Kier molecular flexibility index (Phi) is 3.82. The molecule has 4 aromatic rings. The molecule has 2 aliphatic rings. The molecule has 1 saturated heterocycles. The van der Waals surface area contributed by atoms with E-state index in [-0.39, 0.29) is 17.9 Å². The van der Waals surface area contributed by atoms with E-state index in [2.05, 4.69) is 30.2 Å². The first-order valence-electron chi connectivity index (χ1n) is 10.2. The third-order valence-electron chi connectivity index (χ3n) is 6.28. The fourth-order valence-electron chi connectivity index (χ4n) is 4.58. The smallest absolute Gasteiger partial charge is 0.326 e. The number of nitrogens with two attached hydrogens (primary N) is 1. The van der Waals surface area contributed by atoms with Crippen LogP contribution >= 0.6 is 0 Å². The van der Waals surface area contributed by atoms with Gasteiger partial charge in [-0.1, -0.05) is 0 Å². The third-order valence-corrected chi connectivity index (χ3v) is 6.28. The van der Waals surface area contributed by atoms with Crippen molar-refractivity contribution >= 4 is 33.4 Å². The predicted molar refractivity (Wildman–Crippen MR) is 115 cm³/mol. The van der Waals surface area contributed by atoms with Gasteiger partial charge >= 0.3 is 6.01 Å². The van der Waals surface area contributed by atoms with Crippen molar-refractivity contribution in [2.75, 3.05) is 30.4 Å². The maximum Gasteiger partial charge on any atom is 0.326 e. The van der Waals surface area contributed by atoms with Crippen molar-refractivity contribution in [2.24, 2.45) is 17.6 Å². The van der Waals surface area contributed by atoms with E-state index in [0.717, 1.165) is 29.4 Å². The van der Waals surface area contributed by atoms with Crippen LogP contribution in [0.3, 0.4) is 0 Å². The Bertz CT molecular complexity index is 1310. The van der Waals surface area contributed by atoms with E-state index >= 15 is 0 Å². The van der Waals surface area contributed by atoms with Crippen LogP contribution in [0.2, 0.25) is 0 Å². The van der Waals surface area contributed by atoms with Crippen LogP contribution in [-0.4, -0.2) is 51.1 Å². The number of hydrogen-bond donors (Lipinski definition) is 3. The quantitative estimate of drug-likeness (QED) is 0.461. The van der Waals surface area contributed by atoms with Crippen LogP contribution < -0.4 is 20.7 Å². The average Bonchev–Trinajstić information content (AvgIpc) is 3.12. The predicted octanol–water partition coefficient (Wildman–Crippen LogP) is 2.58. The molecule has 1 aliphatic carbocycles. The van der Waals surface area contributed by atoms with Crippen LogP contribution in [0.5, 0.6) is 11.8 Å². The largest absolute Gasteiger partial charge is 0.421 e. The molecule has 0 amide bonds. The van der Waals surface area contributed by atoms with E-state index < -0.39 is 0 Å². The lowest BCUT2D eigenvalue weighted by molar-refractivity contribution is 0.439. The van der Waals surface area contributed by atoms with Gasteiger partial charge in [0.05, 0.1) is 29.0 Å². The van der Waals surface area contributed by atoms with Crippen LogP contribution in [0.15, 0.2) is 24.5 Å². The van der Waals surface area contributed by atoms with E-state index in [4.69, 9.17) is 15.5 Å². The summed E-state index contributed by atoms with van der Waals surface area (Å²) in [5.74, 6) is 2.41. The van der Waals surface area contributed by atoms with E-state index in [0.29, 0.717) is 40.6 Å². The van der Waals surface area contributed by atoms with Gasteiger partial charge < -0.3 is 25.7 Å². The zero-order chi connectivity index (χ0) is 21.3. The van der Waals surface area contributed by atoms with Crippen molar-refractivity contribution in [3.8, 4) is 11.8 Å². The summed E-state index contributed by atoms with van der Waals surface area (Å²) in [6, 6.07) is 3.40. The Balaban J connectivity index is 1.53. The second-order valence-corrected chi connectivity index (χ2v) is 8.18. The molecule has 1 aromatic carbocycles. The van der Waals surface area contributed by atoms with Crippen LogP contribution in [0.25, 0.3) is 21.9 Å². The van der Waals surface area contributed by atoms with Crippen molar-refractivity contribution in [1.29, 1.82) is 0 Å². The SMILES string of the molecule is CNc1cc(F)cc2c1[nH]c1nc(Oc3cnc(C)nc3)nc(N3CC4C(N)C4C3)c12. The Morgan fingerprint density at radius 1 is 1.19 bits per heavy atom. The topological polar surface area (TPSA) is 118 Å². The second-order valence-electron chi connectivity index (χ2n) is 8.18. The van der Waals surface area contributed by atoms with Gasteiger partial charge in [-0.3, -0.25) is 0 Å². The fourth-order valence-corrected chi connectivity index (χ4v) is 4.58. The first-order chi connectivity index (χ1) is 15.0. The summed E-state index contributed by atoms with van der Waals surface area (Å²) in [7, 11) is 1.76. The minimum absolute atomic E-state index is 0.179. The number of benzene rings is 1. The number of aromatic amines is 1. The molecule has 2 fully saturated rings. The van der Waals surface area contributed by atoms with Crippen molar-refractivity contribution in [3.05, 3.63) is 36.2 Å². The van der Waals surface area contributed by atoms with Crippen LogP contribution in [-0.2, 0) is 0 Å². The number of nitrogens with zero attached hydrogens (tertiary/aromatic N) is 5. The number of aryl methyl sites for hydroxylation is 1. The maximum absolute atomic E-state index is 14.4. The number of H-pyrrole nitrogens is 1. The molecule has 4 heterocycles. The number of fused-ring (bicyclic) bond motifs is 4. The van der Waals surface area contributed by atoms with Gasteiger partial charge in [0.25, 0.3) is 0 Å². The minimum Gasteiger partial charge on any atom is -0.421 e. The van der Waals surface area contributed by atoms with Crippen LogP contribution in [0.1, 0.15) is 5.82 Å². The molecule has 0 radical (unpaired) electrons. The molecular weight excluding hydrogens is 399 g/mol. The second kappa shape index (κ2) is 6.48. The lowest BCUT2D eigenvalue weighted by Crippen LogP contribution is -2.29. The molecule has 0 bridgehead atoms. The van der Waals surface area contributed by atoms with Gasteiger partial charge in [0.15, 0.2) is 5.75 Å². The molecular formula is C21H21FN8O. The molecule has 2 unspecified atom stereocenters. The first kappa shape index (κ1) is 18.3. The summed E-state index contributed by atoms with van der Waals surface area (Å²) in [6.45, 7) is 3.43. The number of hydrogen-bond acceptors (Lipinski definition) is 8. The number of anilines is 2. The number of rotatable bonds is 4. The molecule has 31 heavy (non-hydrogen) atoms. The van der Waals surface area contributed by atoms with E-state index in [9.17, 15) is 4.39 Å². The molecule has 1 aliphatic heterocycles. The average molecular weight is 420 g/mol. The zero-order valence-electron chi connectivity index (χ0n) is 17.1. The van der Waals surface area contributed by atoms with E-state index in [1.165, 1.54) is 12.1 Å². The summed E-state index contributed by atoms with van der Waals surface area (Å²) in [5, 5.41) is 4.54. The van der Waals surface area contributed by atoms with Gasteiger partial charge in [0, 0.05) is 31.6 Å². The highest BCUT2D eigenvalue weighted by atomic mass is 19.1. The highest BCUT2D eigenvalue weighted by Crippen LogP contribution is 2.47. The Hall–Kier alpha value is -3.53. The number of ether oxygens (including phenoxy) is 1. The summed E-state index contributed by atoms with van der Waals surface area (Å²) < 4.78 is 20.2. The third kappa shape index (κ3) is 2.86. The Morgan fingerprint density at radius 3 is 2.65 bits per heavy atom.